The third-order valence-corrected chi connectivity index (χ3v) is 5.57. The van der Waals surface area contributed by atoms with Crippen LogP contribution >= 0.6 is 44.1 Å². The SMILES string of the molecule is O=C1NC(=S)N(c2ccc(Br)cc2)C(=O)C1=Cc1ccc(-c2ccc(Br)cc2)o1. The van der Waals surface area contributed by atoms with Gasteiger partial charge in [0.05, 0.1) is 5.69 Å². The van der Waals surface area contributed by atoms with Gasteiger partial charge in [-0.05, 0) is 66.8 Å². The van der Waals surface area contributed by atoms with Crippen LogP contribution in [0.25, 0.3) is 17.4 Å². The number of carbonyl (C=O) groups is 2. The first-order valence-electron chi connectivity index (χ1n) is 8.45. The summed E-state index contributed by atoms with van der Waals surface area (Å²) in [4.78, 5) is 26.7. The molecule has 0 atom stereocenters. The van der Waals surface area contributed by atoms with Crippen LogP contribution in [0.4, 0.5) is 5.69 Å². The van der Waals surface area contributed by atoms with Crippen LogP contribution in [0.2, 0.25) is 0 Å². The van der Waals surface area contributed by atoms with Gasteiger partial charge in [-0.25, -0.2) is 0 Å². The maximum absolute atomic E-state index is 13.0. The Labute approximate surface area is 188 Å². The van der Waals surface area contributed by atoms with Crippen molar-refractivity contribution in [3.05, 3.63) is 80.9 Å². The number of carbonyl (C=O) groups excluding carboxylic acids is 2. The molecular weight excluding hydrogens is 520 g/mol. The van der Waals surface area contributed by atoms with Crippen LogP contribution in [-0.4, -0.2) is 16.9 Å². The van der Waals surface area contributed by atoms with Crippen molar-refractivity contribution in [3.8, 4) is 11.3 Å². The molecule has 2 amide bonds. The van der Waals surface area contributed by atoms with Crippen LogP contribution in [0.3, 0.4) is 0 Å². The number of halogens is 2. The second-order valence-corrected chi connectivity index (χ2v) is 8.36. The summed E-state index contributed by atoms with van der Waals surface area (Å²) in [7, 11) is 0. The van der Waals surface area contributed by atoms with Gasteiger partial charge in [-0.15, -0.1) is 0 Å². The molecule has 1 fully saturated rings. The molecule has 144 valence electrons. The van der Waals surface area contributed by atoms with Crippen molar-refractivity contribution in [1.29, 1.82) is 0 Å². The Balaban J connectivity index is 1.66. The molecule has 0 unspecified atom stereocenters. The molecule has 8 heteroatoms. The first kappa shape index (κ1) is 19.8. The van der Waals surface area contributed by atoms with Gasteiger partial charge < -0.3 is 4.42 Å². The zero-order chi connectivity index (χ0) is 20.5. The summed E-state index contributed by atoms with van der Waals surface area (Å²) < 4.78 is 7.64. The average molecular weight is 532 g/mol. The molecule has 4 rings (SSSR count). The molecule has 0 spiro atoms. The van der Waals surface area contributed by atoms with Crippen LogP contribution in [0.1, 0.15) is 5.76 Å². The van der Waals surface area contributed by atoms with E-state index in [1.54, 1.807) is 36.4 Å². The minimum atomic E-state index is -0.560. The lowest BCUT2D eigenvalue weighted by atomic mass is 10.1. The number of benzene rings is 2. The molecule has 29 heavy (non-hydrogen) atoms. The molecule has 2 aromatic carbocycles. The zero-order valence-electron chi connectivity index (χ0n) is 14.7. The van der Waals surface area contributed by atoms with Gasteiger partial charge in [-0.2, -0.15) is 0 Å². The lowest BCUT2D eigenvalue weighted by molar-refractivity contribution is -0.122. The minimum absolute atomic E-state index is 0.0365. The van der Waals surface area contributed by atoms with Gasteiger partial charge >= 0.3 is 0 Å². The predicted octanol–water partition coefficient (Wildman–Crippen LogP) is 5.30. The maximum atomic E-state index is 13.0. The van der Waals surface area contributed by atoms with Gasteiger partial charge in [0.15, 0.2) is 5.11 Å². The number of thiocarbonyl (C=S) groups is 1. The first-order chi connectivity index (χ1) is 13.9. The quantitative estimate of drug-likeness (QED) is 0.283. The highest BCUT2D eigenvalue weighted by molar-refractivity contribution is 9.10. The Morgan fingerprint density at radius 1 is 0.897 bits per heavy atom. The minimum Gasteiger partial charge on any atom is -0.457 e. The van der Waals surface area contributed by atoms with Crippen LogP contribution < -0.4 is 10.2 Å². The van der Waals surface area contributed by atoms with E-state index in [9.17, 15) is 9.59 Å². The van der Waals surface area contributed by atoms with E-state index in [4.69, 9.17) is 16.6 Å². The smallest absolute Gasteiger partial charge is 0.270 e. The Morgan fingerprint density at radius 3 is 2.17 bits per heavy atom. The van der Waals surface area contributed by atoms with E-state index >= 15 is 0 Å². The fraction of sp³-hybridized carbons (Fsp3) is 0. The fourth-order valence-electron chi connectivity index (χ4n) is 2.82. The molecule has 1 aliphatic heterocycles. The molecule has 1 N–H and O–H groups in total. The Bertz CT molecular complexity index is 1150. The summed E-state index contributed by atoms with van der Waals surface area (Å²) in [5.41, 5.74) is 1.39. The molecule has 1 aliphatic rings. The van der Waals surface area contributed by atoms with E-state index in [1.165, 1.54) is 11.0 Å². The molecule has 5 nitrogen and oxygen atoms in total. The second-order valence-electron chi connectivity index (χ2n) is 6.14. The Morgan fingerprint density at radius 2 is 1.52 bits per heavy atom. The van der Waals surface area contributed by atoms with Crippen LogP contribution in [0.15, 0.2) is 79.6 Å². The third kappa shape index (κ3) is 4.10. The highest BCUT2D eigenvalue weighted by Gasteiger charge is 2.34. The van der Waals surface area contributed by atoms with Crippen molar-refractivity contribution in [1.82, 2.24) is 5.32 Å². The van der Waals surface area contributed by atoms with Crippen LogP contribution in [0, 0.1) is 0 Å². The van der Waals surface area contributed by atoms with Crippen molar-refractivity contribution in [2.75, 3.05) is 4.90 Å². The third-order valence-electron chi connectivity index (χ3n) is 4.23. The van der Waals surface area contributed by atoms with Crippen molar-refractivity contribution in [2.24, 2.45) is 0 Å². The summed E-state index contributed by atoms with van der Waals surface area (Å²) in [6, 6.07) is 18.2. The number of nitrogens with one attached hydrogen (secondary N) is 1. The zero-order valence-corrected chi connectivity index (χ0v) is 18.7. The summed E-state index contributed by atoms with van der Waals surface area (Å²) in [5, 5.41) is 2.60. The molecular formula is C21H12Br2N2O3S. The molecule has 3 aromatic rings. The van der Waals surface area contributed by atoms with Gasteiger partial charge in [0, 0.05) is 14.5 Å². The highest BCUT2D eigenvalue weighted by atomic mass is 79.9. The Kier molecular flexibility index (Phi) is 5.49. The van der Waals surface area contributed by atoms with Gasteiger partial charge in [0.2, 0.25) is 0 Å². The second kappa shape index (κ2) is 8.06. The van der Waals surface area contributed by atoms with Crippen molar-refractivity contribution < 1.29 is 14.0 Å². The first-order valence-corrected chi connectivity index (χ1v) is 10.4. The van der Waals surface area contributed by atoms with E-state index < -0.39 is 11.8 Å². The number of rotatable bonds is 3. The van der Waals surface area contributed by atoms with Gasteiger partial charge in [0.1, 0.15) is 17.1 Å². The van der Waals surface area contributed by atoms with Gasteiger partial charge in [-0.1, -0.05) is 44.0 Å². The van der Waals surface area contributed by atoms with Gasteiger partial charge in [0.25, 0.3) is 11.8 Å². The summed E-state index contributed by atoms with van der Waals surface area (Å²) >= 11 is 12.0. The summed E-state index contributed by atoms with van der Waals surface area (Å²) in [6.07, 6.45) is 1.42. The maximum Gasteiger partial charge on any atom is 0.270 e. The number of hydrogen-bond acceptors (Lipinski definition) is 4. The van der Waals surface area contributed by atoms with Crippen molar-refractivity contribution >= 4 is 72.8 Å². The largest absolute Gasteiger partial charge is 0.457 e. The molecule has 2 heterocycles. The number of hydrogen-bond donors (Lipinski definition) is 1. The van der Waals surface area contributed by atoms with Crippen LogP contribution in [0.5, 0.6) is 0 Å². The molecule has 0 saturated carbocycles. The fourth-order valence-corrected chi connectivity index (χ4v) is 3.63. The molecule has 0 bridgehead atoms. The van der Waals surface area contributed by atoms with E-state index in [-0.39, 0.29) is 10.7 Å². The Hall–Kier alpha value is -2.55. The predicted molar refractivity (Wildman–Crippen MR) is 122 cm³/mol. The van der Waals surface area contributed by atoms with Crippen LogP contribution in [-0.2, 0) is 9.59 Å². The van der Waals surface area contributed by atoms with E-state index in [1.807, 2.05) is 24.3 Å². The van der Waals surface area contributed by atoms with Crippen molar-refractivity contribution in [2.45, 2.75) is 0 Å². The number of anilines is 1. The molecule has 1 aromatic heterocycles. The highest BCUT2D eigenvalue weighted by Crippen LogP contribution is 2.27. The average Bonchev–Trinajstić information content (AvgIpc) is 3.16. The summed E-state index contributed by atoms with van der Waals surface area (Å²) in [5.74, 6) is -0.0455. The topological polar surface area (TPSA) is 62.6 Å². The molecule has 1 saturated heterocycles. The number of furan rings is 1. The monoisotopic (exact) mass is 530 g/mol. The normalized spacial score (nSPS) is 15.7. The van der Waals surface area contributed by atoms with E-state index in [0.717, 1.165) is 14.5 Å². The lowest BCUT2D eigenvalue weighted by Gasteiger charge is -2.28. The summed E-state index contributed by atoms with van der Waals surface area (Å²) in [6.45, 7) is 0. The lowest BCUT2D eigenvalue weighted by Crippen LogP contribution is -2.54. The van der Waals surface area contributed by atoms with E-state index in [0.29, 0.717) is 17.2 Å². The number of amides is 2. The van der Waals surface area contributed by atoms with Crippen molar-refractivity contribution in [3.63, 3.8) is 0 Å². The molecule has 0 aliphatic carbocycles. The van der Waals surface area contributed by atoms with E-state index in [2.05, 4.69) is 37.2 Å². The van der Waals surface area contributed by atoms with Gasteiger partial charge in [-0.3, -0.25) is 19.8 Å². The standard InChI is InChI=1S/C21H12Br2N2O3S/c22-13-3-1-12(2-4-13)18-10-9-16(28-18)11-17-19(26)24-21(29)25(20(17)27)15-7-5-14(23)6-8-15/h1-11H,(H,24,26,29). The number of nitrogens with zero attached hydrogens (tertiary/aromatic N) is 1. The molecule has 0 radical (unpaired) electrons.